The van der Waals surface area contributed by atoms with Gasteiger partial charge in [-0.15, -0.1) is 12.6 Å². The van der Waals surface area contributed by atoms with Crippen LogP contribution in [0.5, 0.6) is 0 Å². The molecule has 0 heterocycles. The Bertz CT molecular complexity index is 289. The van der Waals surface area contributed by atoms with Crippen molar-refractivity contribution in [1.29, 1.82) is 0 Å². The molecule has 1 aromatic rings. The molecular formula is C9H11NOS. The first-order valence-corrected chi connectivity index (χ1v) is 4.11. The van der Waals surface area contributed by atoms with E-state index in [-0.39, 0.29) is 5.91 Å². The maximum Gasteiger partial charge on any atom is 0.221 e. The molecule has 0 bridgehead atoms. The second kappa shape index (κ2) is 3.63. The quantitative estimate of drug-likeness (QED) is 0.639. The van der Waals surface area contributed by atoms with E-state index in [1.54, 1.807) is 0 Å². The number of carbonyl (C=O) groups is 1. The lowest BCUT2D eigenvalue weighted by molar-refractivity contribution is -0.114. The molecule has 64 valence electrons. The first kappa shape index (κ1) is 9.13. The molecular weight excluding hydrogens is 170 g/mol. The number of amides is 1. The Morgan fingerprint density at radius 2 is 2.08 bits per heavy atom. The van der Waals surface area contributed by atoms with Gasteiger partial charge < -0.3 is 5.32 Å². The molecule has 0 aliphatic rings. The number of hydrogen-bond donors (Lipinski definition) is 2. The van der Waals surface area contributed by atoms with Crippen LogP contribution in [0.15, 0.2) is 23.1 Å². The molecule has 0 aliphatic heterocycles. The fraction of sp³-hybridized carbons (Fsp3) is 0.222. The highest BCUT2D eigenvalue weighted by molar-refractivity contribution is 7.80. The molecule has 0 spiro atoms. The zero-order chi connectivity index (χ0) is 9.14. The highest BCUT2D eigenvalue weighted by Crippen LogP contribution is 2.16. The number of carbonyl (C=O) groups excluding carboxylic acids is 1. The maximum absolute atomic E-state index is 10.7. The van der Waals surface area contributed by atoms with Crippen LogP contribution in [0.3, 0.4) is 0 Å². The molecule has 0 saturated carbocycles. The van der Waals surface area contributed by atoms with E-state index < -0.39 is 0 Å². The third-order valence-electron chi connectivity index (χ3n) is 1.38. The average molecular weight is 181 g/mol. The lowest BCUT2D eigenvalue weighted by Gasteiger charge is -2.03. The SMILES string of the molecule is CC(=O)Nc1cc(C)cc(S)c1. The second-order valence-corrected chi connectivity index (χ2v) is 3.25. The van der Waals surface area contributed by atoms with Gasteiger partial charge in [-0.25, -0.2) is 0 Å². The summed E-state index contributed by atoms with van der Waals surface area (Å²) in [5, 5.41) is 2.70. The van der Waals surface area contributed by atoms with Gasteiger partial charge in [0.05, 0.1) is 0 Å². The number of benzene rings is 1. The summed E-state index contributed by atoms with van der Waals surface area (Å²) in [5.74, 6) is -0.0617. The number of nitrogens with one attached hydrogen (secondary N) is 1. The number of hydrogen-bond acceptors (Lipinski definition) is 2. The Labute approximate surface area is 77.4 Å². The van der Waals surface area contributed by atoms with Crippen LogP contribution < -0.4 is 5.32 Å². The van der Waals surface area contributed by atoms with Gasteiger partial charge >= 0.3 is 0 Å². The first-order chi connectivity index (χ1) is 5.58. The molecule has 2 nitrogen and oxygen atoms in total. The number of rotatable bonds is 1. The van der Waals surface area contributed by atoms with E-state index in [0.717, 1.165) is 16.1 Å². The molecule has 1 rings (SSSR count). The maximum atomic E-state index is 10.7. The molecule has 12 heavy (non-hydrogen) atoms. The summed E-state index contributed by atoms with van der Waals surface area (Å²) in [6.07, 6.45) is 0. The summed E-state index contributed by atoms with van der Waals surface area (Å²) in [5.41, 5.74) is 1.89. The Hall–Kier alpha value is -0.960. The van der Waals surface area contributed by atoms with Crippen molar-refractivity contribution in [1.82, 2.24) is 0 Å². The minimum Gasteiger partial charge on any atom is -0.326 e. The third-order valence-corrected chi connectivity index (χ3v) is 1.64. The van der Waals surface area contributed by atoms with E-state index >= 15 is 0 Å². The minimum absolute atomic E-state index is 0.0617. The van der Waals surface area contributed by atoms with Crippen molar-refractivity contribution in [2.45, 2.75) is 18.7 Å². The van der Waals surface area contributed by atoms with Crippen molar-refractivity contribution in [2.75, 3.05) is 5.32 Å². The molecule has 0 fully saturated rings. The Kier molecular flexibility index (Phi) is 2.76. The van der Waals surface area contributed by atoms with E-state index in [4.69, 9.17) is 0 Å². The van der Waals surface area contributed by atoms with Crippen molar-refractivity contribution in [3.05, 3.63) is 23.8 Å². The summed E-state index contributed by atoms with van der Waals surface area (Å²) >= 11 is 4.19. The third kappa shape index (κ3) is 2.58. The fourth-order valence-corrected chi connectivity index (χ4v) is 1.38. The van der Waals surface area contributed by atoms with Gasteiger partial charge in [0.15, 0.2) is 0 Å². The molecule has 0 unspecified atom stereocenters. The molecule has 3 heteroatoms. The van der Waals surface area contributed by atoms with Crippen LogP contribution in [0.4, 0.5) is 5.69 Å². The molecule has 0 aromatic heterocycles. The lowest BCUT2D eigenvalue weighted by atomic mass is 10.2. The highest BCUT2D eigenvalue weighted by atomic mass is 32.1. The summed E-state index contributed by atoms with van der Waals surface area (Å²) in [6, 6.07) is 5.66. The highest BCUT2D eigenvalue weighted by Gasteiger charge is 1.96. The van der Waals surface area contributed by atoms with Crippen LogP contribution in [-0.4, -0.2) is 5.91 Å². The van der Waals surface area contributed by atoms with E-state index in [1.807, 2.05) is 25.1 Å². The van der Waals surface area contributed by atoms with Gasteiger partial charge in [-0.05, 0) is 30.7 Å². The minimum atomic E-state index is -0.0617. The van der Waals surface area contributed by atoms with Crippen molar-refractivity contribution < 1.29 is 4.79 Å². The fourth-order valence-electron chi connectivity index (χ4n) is 1.04. The number of aryl methyl sites for hydroxylation is 1. The number of thiol groups is 1. The largest absolute Gasteiger partial charge is 0.326 e. The van der Waals surface area contributed by atoms with Gasteiger partial charge in [0, 0.05) is 17.5 Å². The summed E-state index contributed by atoms with van der Waals surface area (Å²) < 4.78 is 0. The van der Waals surface area contributed by atoms with E-state index in [9.17, 15) is 4.79 Å². The molecule has 1 aromatic carbocycles. The molecule has 1 amide bonds. The molecule has 1 N–H and O–H groups in total. The van der Waals surface area contributed by atoms with Crippen LogP contribution >= 0.6 is 12.6 Å². The van der Waals surface area contributed by atoms with Gasteiger partial charge in [0.25, 0.3) is 0 Å². The van der Waals surface area contributed by atoms with Crippen molar-refractivity contribution >= 4 is 24.2 Å². The van der Waals surface area contributed by atoms with Crippen LogP contribution in [0.1, 0.15) is 12.5 Å². The molecule has 0 aliphatic carbocycles. The van der Waals surface area contributed by atoms with E-state index in [1.165, 1.54) is 6.92 Å². The topological polar surface area (TPSA) is 29.1 Å². The van der Waals surface area contributed by atoms with Gasteiger partial charge in [0.1, 0.15) is 0 Å². The predicted octanol–water partition coefficient (Wildman–Crippen LogP) is 2.24. The van der Waals surface area contributed by atoms with Crippen LogP contribution in [0.25, 0.3) is 0 Å². The second-order valence-electron chi connectivity index (χ2n) is 2.74. The Morgan fingerprint density at radius 1 is 1.42 bits per heavy atom. The normalized spacial score (nSPS) is 9.58. The van der Waals surface area contributed by atoms with Gasteiger partial charge in [-0.1, -0.05) is 0 Å². The van der Waals surface area contributed by atoms with Gasteiger partial charge in [-0.2, -0.15) is 0 Å². The van der Waals surface area contributed by atoms with Crippen molar-refractivity contribution in [2.24, 2.45) is 0 Å². The summed E-state index contributed by atoms with van der Waals surface area (Å²) in [6.45, 7) is 3.45. The van der Waals surface area contributed by atoms with Crippen LogP contribution in [0, 0.1) is 6.92 Å². The van der Waals surface area contributed by atoms with Gasteiger partial charge in [-0.3, -0.25) is 4.79 Å². The summed E-state index contributed by atoms with van der Waals surface area (Å²) in [4.78, 5) is 11.6. The van der Waals surface area contributed by atoms with Crippen molar-refractivity contribution in [3.63, 3.8) is 0 Å². The zero-order valence-corrected chi connectivity index (χ0v) is 7.98. The molecule has 0 radical (unpaired) electrons. The Morgan fingerprint density at radius 3 is 2.58 bits per heavy atom. The van der Waals surface area contributed by atoms with Crippen LogP contribution in [0.2, 0.25) is 0 Å². The smallest absolute Gasteiger partial charge is 0.221 e. The monoisotopic (exact) mass is 181 g/mol. The molecule has 0 atom stereocenters. The predicted molar refractivity (Wildman–Crippen MR) is 52.7 cm³/mol. The summed E-state index contributed by atoms with van der Waals surface area (Å²) in [7, 11) is 0. The van der Waals surface area contributed by atoms with Crippen LogP contribution in [-0.2, 0) is 4.79 Å². The Balaban J connectivity index is 2.93. The molecule has 0 saturated heterocycles. The standard InChI is InChI=1S/C9H11NOS/c1-6-3-8(10-7(2)11)5-9(12)4-6/h3-5,12H,1-2H3,(H,10,11). The van der Waals surface area contributed by atoms with Gasteiger partial charge in [0.2, 0.25) is 5.91 Å². The lowest BCUT2D eigenvalue weighted by Crippen LogP contribution is -2.05. The first-order valence-electron chi connectivity index (χ1n) is 3.66. The number of anilines is 1. The van der Waals surface area contributed by atoms with Crippen molar-refractivity contribution in [3.8, 4) is 0 Å². The zero-order valence-electron chi connectivity index (χ0n) is 7.09. The van der Waals surface area contributed by atoms with E-state index in [0.29, 0.717) is 0 Å². The van der Waals surface area contributed by atoms with E-state index in [2.05, 4.69) is 17.9 Å². The average Bonchev–Trinajstić information content (AvgIpc) is 1.81.